The molecule has 22 heavy (non-hydrogen) atoms. The maximum absolute atomic E-state index is 11.8. The third kappa shape index (κ3) is 5.25. The van der Waals surface area contributed by atoms with Crippen LogP contribution in [0, 0.1) is 17.2 Å². The lowest BCUT2D eigenvalue weighted by molar-refractivity contribution is -0.138. The number of ether oxygens (including phenoxy) is 1. The maximum Gasteiger partial charge on any atom is 0.332 e. The Hall–Kier alpha value is -2.28. The molecule has 0 amide bonds. The van der Waals surface area contributed by atoms with Crippen LogP contribution in [0.3, 0.4) is 0 Å². The van der Waals surface area contributed by atoms with E-state index in [0.717, 1.165) is 24.3 Å². The lowest BCUT2D eigenvalue weighted by Crippen LogP contribution is -2.21. The first-order valence-corrected chi connectivity index (χ1v) is 7.65. The molecule has 0 saturated carbocycles. The molecule has 0 aliphatic heterocycles. The van der Waals surface area contributed by atoms with E-state index in [1.807, 2.05) is 38.1 Å². The van der Waals surface area contributed by atoms with E-state index in [1.165, 1.54) is 6.08 Å². The Bertz CT molecular complexity index is 567. The van der Waals surface area contributed by atoms with Crippen LogP contribution in [0.25, 0.3) is 5.57 Å². The SMILES string of the molecule is CCN(CC)c1cccc(C(C#N)=CC(=O)OCC(C)C)c1. The third-order valence-electron chi connectivity index (χ3n) is 3.23. The molecule has 1 aromatic rings. The molecule has 118 valence electrons. The van der Waals surface area contributed by atoms with Crippen LogP contribution in [0.1, 0.15) is 33.3 Å². The Morgan fingerprint density at radius 3 is 2.59 bits per heavy atom. The topological polar surface area (TPSA) is 53.3 Å². The largest absolute Gasteiger partial charge is 0.462 e. The number of benzene rings is 1. The van der Waals surface area contributed by atoms with Crippen LogP contribution < -0.4 is 4.90 Å². The van der Waals surface area contributed by atoms with E-state index >= 15 is 0 Å². The lowest BCUT2D eigenvalue weighted by atomic mass is 10.1. The Morgan fingerprint density at radius 1 is 1.36 bits per heavy atom. The van der Waals surface area contributed by atoms with Gasteiger partial charge in [0, 0.05) is 24.9 Å². The second kappa shape index (κ2) is 8.89. The molecule has 0 aliphatic rings. The molecule has 1 rings (SSSR count). The number of anilines is 1. The van der Waals surface area contributed by atoms with Crippen molar-refractivity contribution in [2.45, 2.75) is 27.7 Å². The Morgan fingerprint density at radius 2 is 2.05 bits per heavy atom. The van der Waals surface area contributed by atoms with E-state index in [-0.39, 0.29) is 5.92 Å². The zero-order chi connectivity index (χ0) is 16.5. The molecule has 0 heterocycles. The van der Waals surface area contributed by atoms with Crippen LogP contribution in [0.4, 0.5) is 5.69 Å². The minimum absolute atomic E-state index is 0.272. The minimum Gasteiger partial charge on any atom is -0.462 e. The van der Waals surface area contributed by atoms with E-state index in [0.29, 0.717) is 12.2 Å². The Balaban J connectivity index is 2.98. The predicted octanol–water partition coefficient (Wildman–Crippen LogP) is 3.64. The van der Waals surface area contributed by atoms with Crippen molar-refractivity contribution in [2.24, 2.45) is 5.92 Å². The summed E-state index contributed by atoms with van der Waals surface area (Å²) >= 11 is 0. The van der Waals surface area contributed by atoms with Crippen LogP contribution in [-0.4, -0.2) is 25.7 Å². The molecule has 4 heteroatoms. The van der Waals surface area contributed by atoms with Crippen molar-refractivity contribution in [1.82, 2.24) is 0 Å². The van der Waals surface area contributed by atoms with Crippen LogP contribution in [0.15, 0.2) is 30.3 Å². The van der Waals surface area contributed by atoms with Gasteiger partial charge in [-0.3, -0.25) is 0 Å². The van der Waals surface area contributed by atoms with Gasteiger partial charge in [0.15, 0.2) is 0 Å². The molecule has 0 radical (unpaired) electrons. The number of hydrogen-bond donors (Lipinski definition) is 0. The maximum atomic E-state index is 11.8. The van der Waals surface area contributed by atoms with Gasteiger partial charge >= 0.3 is 5.97 Å². The molecule has 0 unspecified atom stereocenters. The zero-order valence-electron chi connectivity index (χ0n) is 13.8. The van der Waals surface area contributed by atoms with Gasteiger partial charge in [-0.2, -0.15) is 5.26 Å². The molecule has 0 aromatic heterocycles. The van der Waals surface area contributed by atoms with Gasteiger partial charge in [-0.25, -0.2) is 4.79 Å². The molecule has 1 aromatic carbocycles. The highest BCUT2D eigenvalue weighted by atomic mass is 16.5. The highest BCUT2D eigenvalue weighted by Crippen LogP contribution is 2.21. The van der Waals surface area contributed by atoms with Gasteiger partial charge in [-0.05, 0) is 37.5 Å². The molecular weight excluding hydrogens is 276 g/mol. The van der Waals surface area contributed by atoms with E-state index in [1.54, 1.807) is 0 Å². The van der Waals surface area contributed by atoms with Crippen molar-refractivity contribution in [1.29, 1.82) is 5.26 Å². The second-order valence-electron chi connectivity index (χ2n) is 5.42. The molecule has 0 aliphatic carbocycles. The smallest absolute Gasteiger partial charge is 0.332 e. The normalized spacial score (nSPS) is 11.2. The quantitative estimate of drug-likeness (QED) is 0.438. The van der Waals surface area contributed by atoms with E-state index < -0.39 is 5.97 Å². The zero-order valence-corrected chi connectivity index (χ0v) is 13.8. The van der Waals surface area contributed by atoms with Gasteiger partial charge in [0.2, 0.25) is 0 Å². The van der Waals surface area contributed by atoms with E-state index in [9.17, 15) is 10.1 Å². The number of carbonyl (C=O) groups is 1. The summed E-state index contributed by atoms with van der Waals surface area (Å²) in [6.07, 6.45) is 1.27. The lowest BCUT2D eigenvalue weighted by Gasteiger charge is -2.21. The fourth-order valence-corrected chi connectivity index (χ4v) is 2.05. The fraction of sp³-hybridized carbons (Fsp3) is 0.444. The van der Waals surface area contributed by atoms with Crippen molar-refractivity contribution in [2.75, 3.05) is 24.6 Å². The summed E-state index contributed by atoms with van der Waals surface area (Å²) in [7, 11) is 0. The van der Waals surface area contributed by atoms with Gasteiger partial charge in [0.1, 0.15) is 6.07 Å². The summed E-state index contributed by atoms with van der Waals surface area (Å²) in [5.74, 6) is -0.202. The first-order valence-electron chi connectivity index (χ1n) is 7.65. The molecule has 0 spiro atoms. The molecule has 0 atom stereocenters. The fourth-order valence-electron chi connectivity index (χ4n) is 2.05. The van der Waals surface area contributed by atoms with Gasteiger partial charge in [-0.1, -0.05) is 26.0 Å². The summed E-state index contributed by atoms with van der Waals surface area (Å²) in [4.78, 5) is 14.0. The molecule has 0 saturated heterocycles. The minimum atomic E-state index is -0.474. The Labute approximate surface area is 133 Å². The highest BCUT2D eigenvalue weighted by Gasteiger charge is 2.09. The van der Waals surface area contributed by atoms with E-state index in [4.69, 9.17) is 4.74 Å². The number of rotatable bonds is 7. The van der Waals surface area contributed by atoms with Crippen LogP contribution >= 0.6 is 0 Å². The average Bonchev–Trinajstić information content (AvgIpc) is 2.52. The van der Waals surface area contributed by atoms with Crippen LogP contribution in [-0.2, 0) is 9.53 Å². The molecule has 4 nitrogen and oxygen atoms in total. The molecule has 0 fully saturated rings. The molecule has 0 N–H and O–H groups in total. The van der Waals surface area contributed by atoms with Crippen molar-refractivity contribution in [3.05, 3.63) is 35.9 Å². The van der Waals surface area contributed by atoms with Crippen molar-refractivity contribution in [3.63, 3.8) is 0 Å². The van der Waals surface area contributed by atoms with Crippen LogP contribution in [0.2, 0.25) is 0 Å². The van der Waals surface area contributed by atoms with Gasteiger partial charge < -0.3 is 9.64 Å². The van der Waals surface area contributed by atoms with Crippen molar-refractivity contribution >= 4 is 17.2 Å². The first-order chi connectivity index (χ1) is 10.5. The monoisotopic (exact) mass is 300 g/mol. The van der Waals surface area contributed by atoms with Gasteiger partial charge in [-0.15, -0.1) is 0 Å². The number of nitriles is 1. The first kappa shape index (κ1) is 17.8. The number of carbonyl (C=O) groups excluding carboxylic acids is 1. The summed E-state index contributed by atoms with van der Waals surface area (Å²) in [5, 5.41) is 9.31. The Kier molecular flexibility index (Phi) is 7.18. The molecule has 0 bridgehead atoms. The summed E-state index contributed by atoms with van der Waals surface area (Å²) < 4.78 is 5.10. The summed E-state index contributed by atoms with van der Waals surface area (Å²) in [5.41, 5.74) is 2.09. The standard InChI is InChI=1S/C18H24N2O2/c1-5-20(6-2)17-9-7-8-15(10-17)16(12-19)11-18(21)22-13-14(3)4/h7-11,14H,5-6,13H2,1-4H3. The van der Waals surface area contributed by atoms with Gasteiger partial charge in [0.25, 0.3) is 0 Å². The number of hydrogen-bond acceptors (Lipinski definition) is 4. The summed E-state index contributed by atoms with van der Waals surface area (Å²) in [6.45, 7) is 10.2. The predicted molar refractivity (Wildman–Crippen MR) is 89.4 cm³/mol. The number of allylic oxidation sites excluding steroid dienone is 1. The highest BCUT2D eigenvalue weighted by molar-refractivity contribution is 5.95. The van der Waals surface area contributed by atoms with Gasteiger partial charge in [0.05, 0.1) is 12.2 Å². The van der Waals surface area contributed by atoms with Crippen molar-refractivity contribution in [3.8, 4) is 6.07 Å². The van der Waals surface area contributed by atoms with Crippen LogP contribution in [0.5, 0.6) is 0 Å². The summed E-state index contributed by atoms with van der Waals surface area (Å²) in [6, 6.07) is 9.74. The second-order valence-corrected chi connectivity index (χ2v) is 5.42. The van der Waals surface area contributed by atoms with E-state index in [2.05, 4.69) is 24.8 Å². The van der Waals surface area contributed by atoms with Crippen molar-refractivity contribution < 1.29 is 9.53 Å². The third-order valence-corrected chi connectivity index (χ3v) is 3.23. The number of esters is 1. The average molecular weight is 300 g/mol. The number of nitrogens with zero attached hydrogens (tertiary/aromatic N) is 2. The molecular formula is C18H24N2O2.